The fraction of sp³-hybridized carbons (Fsp3) is 0.188. The quantitative estimate of drug-likeness (QED) is 0.700. The van der Waals surface area contributed by atoms with Crippen LogP contribution in [-0.4, -0.2) is 38.1 Å². The van der Waals surface area contributed by atoms with Gasteiger partial charge in [0.05, 0.1) is 6.20 Å². The Hall–Kier alpha value is -3.07. The number of nitrogens with zero attached hydrogens (tertiary/aromatic N) is 4. The van der Waals surface area contributed by atoms with Crippen LogP contribution in [0.5, 0.6) is 0 Å². The summed E-state index contributed by atoms with van der Waals surface area (Å²) in [7, 11) is 1.82. The van der Waals surface area contributed by atoms with E-state index in [-0.39, 0.29) is 24.8 Å². The fourth-order valence-electron chi connectivity index (χ4n) is 2.06. The molecule has 2 amide bonds. The number of pyridine rings is 1. The molecule has 0 fully saturated rings. The molecule has 128 valence electrons. The highest BCUT2D eigenvalue weighted by Gasteiger charge is 2.13. The van der Waals surface area contributed by atoms with Gasteiger partial charge in [-0.3, -0.25) is 14.3 Å². The molecule has 0 aliphatic rings. The lowest BCUT2D eigenvalue weighted by Gasteiger charge is -2.05. The van der Waals surface area contributed by atoms with E-state index < -0.39 is 0 Å². The third-order valence-electron chi connectivity index (χ3n) is 3.26. The molecule has 9 heteroatoms. The number of rotatable bonds is 6. The van der Waals surface area contributed by atoms with Gasteiger partial charge in [-0.05, 0) is 12.1 Å². The molecule has 0 aromatic carbocycles. The van der Waals surface area contributed by atoms with Crippen molar-refractivity contribution in [1.82, 2.24) is 25.1 Å². The largest absolute Gasteiger partial charge is 0.350 e. The summed E-state index contributed by atoms with van der Waals surface area (Å²) < 4.78 is 1.68. The Morgan fingerprint density at radius 3 is 2.92 bits per heavy atom. The van der Waals surface area contributed by atoms with Gasteiger partial charge in [0.15, 0.2) is 0 Å². The normalized spacial score (nSPS) is 10.4. The minimum atomic E-state index is -0.308. The first-order valence-corrected chi connectivity index (χ1v) is 8.43. The van der Waals surface area contributed by atoms with Crippen LogP contribution in [0.15, 0.2) is 42.2 Å². The average Bonchev–Trinajstić information content (AvgIpc) is 3.24. The van der Waals surface area contributed by atoms with Crippen molar-refractivity contribution < 1.29 is 9.59 Å². The predicted octanol–water partition coefficient (Wildman–Crippen LogP) is 1.70. The molecular weight excluding hydrogens is 340 g/mol. The Morgan fingerprint density at radius 1 is 1.32 bits per heavy atom. The maximum Gasteiger partial charge on any atom is 0.270 e. The molecule has 0 bridgehead atoms. The average molecular weight is 356 g/mol. The van der Waals surface area contributed by atoms with Crippen LogP contribution in [0.2, 0.25) is 0 Å². The second-order valence-corrected chi connectivity index (χ2v) is 6.07. The summed E-state index contributed by atoms with van der Waals surface area (Å²) >= 11 is 1.37. The van der Waals surface area contributed by atoms with Gasteiger partial charge in [-0.1, -0.05) is 6.07 Å². The van der Waals surface area contributed by atoms with Crippen molar-refractivity contribution in [2.24, 2.45) is 7.05 Å². The Kier molecular flexibility index (Phi) is 5.14. The van der Waals surface area contributed by atoms with Gasteiger partial charge in [-0.25, -0.2) is 9.97 Å². The third-order valence-corrected chi connectivity index (χ3v) is 4.15. The molecular formula is C16H16N6O2S. The summed E-state index contributed by atoms with van der Waals surface area (Å²) in [5.74, 6) is -0.0372. The van der Waals surface area contributed by atoms with E-state index in [0.717, 1.165) is 10.6 Å². The maximum atomic E-state index is 12.1. The summed E-state index contributed by atoms with van der Waals surface area (Å²) in [6, 6.07) is 5.25. The molecule has 3 aromatic rings. The van der Waals surface area contributed by atoms with E-state index in [4.69, 9.17) is 0 Å². The van der Waals surface area contributed by atoms with Crippen molar-refractivity contribution >= 4 is 29.0 Å². The number of aryl methyl sites for hydroxylation is 1. The van der Waals surface area contributed by atoms with Crippen molar-refractivity contribution in [1.29, 1.82) is 0 Å². The van der Waals surface area contributed by atoms with Crippen LogP contribution in [0.3, 0.4) is 0 Å². The van der Waals surface area contributed by atoms with E-state index in [1.807, 2.05) is 13.2 Å². The SMILES string of the molecule is Cn1cc(-c2nc(C(=O)NCCC(=O)Nc3ccccn3)cs2)cn1. The Bertz CT molecular complexity index is 874. The molecule has 0 saturated heterocycles. The van der Waals surface area contributed by atoms with Crippen LogP contribution in [0.1, 0.15) is 16.9 Å². The Morgan fingerprint density at radius 2 is 2.20 bits per heavy atom. The predicted molar refractivity (Wildman–Crippen MR) is 94.1 cm³/mol. The minimum Gasteiger partial charge on any atom is -0.350 e. The Labute approximate surface area is 147 Å². The molecule has 0 radical (unpaired) electrons. The lowest BCUT2D eigenvalue weighted by atomic mass is 10.3. The molecule has 8 nitrogen and oxygen atoms in total. The van der Waals surface area contributed by atoms with Crippen molar-refractivity contribution in [2.45, 2.75) is 6.42 Å². The summed E-state index contributed by atoms with van der Waals surface area (Å²) in [5.41, 5.74) is 1.19. The van der Waals surface area contributed by atoms with Crippen LogP contribution in [0.25, 0.3) is 10.6 Å². The summed E-state index contributed by atoms with van der Waals surface area (Å²) in [6.45, 7) is 0.219. The zero-order valence-electron chi connectivity index (χ0n) is 13.5. The molecule has 3 rings (SSSR count). The van der Waals surface area contributed by atoms with Gasteiger partial charge < -0.3 is 10.6 Å². The number of hydrogen-bond acceptors (Lipinski definition) is 6. The molecule has 3 heterocycles. The number of carbonyl (C=O) groups excluding carboxylic acids is 2. The lowest BCUT2D eigenvalue weighted by molar-refractivity contribution is -0.116. The summed E-state index contributed by atoms with van der Waals surface area (Å²) in [4.78, 5) is 32.2. The number of amides is 2. The van der Waals surface area contributed by atoms with Crippen molar-refractivity contribution in [3.63, 3.8) is 0 Å². The summed E-state index contributed by atoms with van der Waals surface area (Å²) in [6.07, 6.45) is 5.28. The topological polar surface area (TPSA) is 102 Å². The van der Waals surface area contributed by atoms with Crippen molar-refractivity contribution in [2.75, 3.05) is 11.9 Å². The highest BCUT2D eigenvalue weighted by molar-refractivity contribution is 7.13. The number of anilines is 1. The number of carbonyl (C=O) groups is 2. The van der Waals surface area contributed by atoms with E-state index in [9.17, 15) is 9.59 Å². The van der Waals surface area contributed by atoms with Gasteiger partial charge in [-0.15, -0.1) is 11.3 Å². The number of nitrogens with one attached hydrogen (secondary N) is 2. The molecule has 0 atom stereocenters. The van der Waals surface area contributed by atoms with Gasteiger partial charge >= 0.3 is 0 Å². The van der Waals surface area contributed by atoms with Gasteiger partial charge in [0.25, 0.3) is 5.91 Å². The molecule has 25 heavy (non-hydrogen) atoms. The number of hydrogen-bond donors (Lipinski definition) is 2. The first kappa shape index (κ1) is 16.8. The highest BCUT2D eigenvalue weighted by atomic mass is 32.1. The van der Waals surface area contributed by atoms with E-state index >= 15 is 0 Å². The number of thiazole rings is 1. The standard InChI is InChI=1S/C16H16N6O2S/c1-22-9-11(8-19-22)16-20-12(10-25-16)15(24)18-7-5-14(23)21-13-4-2-3-6-17-13/h2-4,6,8-10H,5,7H2,1H3,(H,18,24)(H,17,21,23). The summed E-state index contributed by atoms with van der Waals surface area (Å²) in [5, 5.41) is 11.8. The van der Waals surface area contributed by atoms with E-state index in [1.54, 1.807) is 40.7 Å². The molecule has 0 aliphatic heterocycles. The van der Waals surface area contributed by atoms with Crippen LogP contribution in [0, 0.1) is 0 Å². The smallest absolute Gasteiger partial charge is 0.270 e. The second-order valence-electron chi connectivity index (χ2n) is 5.21. The zero-order chi connectivity index (χ0) is 17.6. The third kappa shape index (κ3) is 4.48. The van der Waals surface area contributed by atoms with Gasteiger partial charge in [-0.2, -0.15) is 5.10 Å². The lowest BCUT2D eigenvalue weighted by Crippen LogP contribution is -2.28. The van der Waals surface area contributed by atoms with Crippen LogP contribution < -0.4 is 10.6 Å². The first-order chi connectivity index (χ1) is 12.1. The maximum absolute atomic E-state index is 12.1. The monoisotopic (exact) mass is 356 g/mol. The van der Waals surface area contributed by atoms with Crippen LogP contribution in [0.4, 0.5) is 5.82 Å². The molecule has 3 aromatic heterocycles. The van der Waals surface area contributed by atoms with E-state index in [2.05, 4.69) is 25.7 Å². The molecule has 0 saturated carbocycles. The fourth-order valence-corrected chi connectivity index (χ4v) is 2.84. The van der Waals surface area contributed by atoms with Gasteiger partial charge in [0, 0.05) is 43.4 Å². The second kappa shape index (κ2) is 7.67. The zero-order valence-corrected chi connectivity index (χ0v) is 14.3. The molecule has 0 spiro atoms. The van der Waals surface area contributed by atoms with Gasteiger partial charge in [0.2, 0.25) is 5.91 Å². The highest BCUT2D eigenvalue weighted by Crippen LogP contribution is 2.22. The van der Waals surface area contributed by atoms with Gasteiger partial charge in [0.1, 0.15) is 16.5 Å². The van der Waals surface area contributed by atoms with Crippen LogP contribution >= 0.6 is 11.3 Å². The van der Waals surface area contributed by atoms with Crippen molar-refractivity contribution in [3.8, 4) is 10.6 Å². The molecule has 2 N–H and O–H groups in total. The van der Waals surface area contributed by atoms with E-state index in [0.29, 0.717) is 11.5 Å². The minimum absolute atomic E-state index is 0.155. The molecule has 0 aliphatic carbocycles. The Balaban J connectivity index is 1.48. The number of aromatic nitrogens is 4. The molecule has 0 unspecified atom stereocenters. The first-order valence-electron chi connectivity index (χ1n) is 7.55. The van der Waals surface area contributed by atoms with E-state index in [1.165, 1.54) is 11.3 Å². The van der Waals surface area contributed by atoms with Crippen LogP contribution in [-0.2, 0) is 11.8 Å². The van der Waals surface area contributed by atoms with Crippen molar-refractivity contribution in [3.05, 3.63) is 47.9 Å².